The first-order chi connectivity index (χ1) is 9.40. The van der Waals surface area contributed by atoms with Crippen LogP contribution < -0.4 is 10.6 Å². The summed E-state index contributed by atoms with van der Waals surface area (Å²) in [6, 6.07) is 9.69. The van der Waals surface area contributed by atoms with Gasteiger partial charge >= 0.3 is 0 Å². The van der Waals surface area contributed by atoms with E-state index in [0.29, 0.717) is 6.04 Å². The molecule has 0 bridgehead atoms. The van der Waals surface area contributed by atoms with Crippen LogP contribution in [0.15, 0.2) is 24.3 Å². The van der Waals surface area contributed by atoms with E-state index in [1.54, 1.807) is 0 Å². The van der Waals surface area contributed by atoms with Gasteiger partial charge in [0.15, 0.2) is 0 Å². The third-order valence-corrected chi connectivity index (χ3v) is 4.27. The summed E-state index contributed by atoms with van der Waals surface area (Å²) in [5.41, 5.74) is 2.72. The molecule has 2 aliphatic heterocycles. The molecule has 1 aromatic carbocycles. The monoisotopic (exact) mass is 259 g/mol. The second kappa shape index (κ2) is 6.40. The third kappa shape index (κ3) is 3.71. The minimum atomic E-state index is 0.644. The predicted octanol–water partition coefficient (Wildman–Crippen LogP) is 2.45. The van der Waals surface area contributed by atoms with Crippen molar-refractivity contribution >= 4 is 5.69 Å². The highest BCUT2D eigenvalue weighted by Crippen LogP contribution is 2.17. The Hall–Kier alpha value is -1.06. The van der Waals surface area contributed by atoms with Crippen molar-refractivity contribution in [2.75, 3.05) is 31.5 Å². The fraction of sp³-hybridized carbons (Fsp3) is 0.625. The molecule has 0 aromatic heterocycles. The van der Waals surface area contributed by atoms with Crippen LogP contribution >= 0.6 is 0 Å². The molecule has 2 aliphatic rings. The molecule has 0 unspecified atom stereocenters. The van der Waals surface area contributed by atoms with Crippen molar-refractivity contribution < 1.29 is 0 Å². The van der Waals surface area contributed by atoms with Crippen molar-refractivity contribution in [1.82, 2.24) is 10.2 Å². The van der Waals surface area contributed by atoms with Crippen LogP contribution in [0.2, 0.25) is 0 Å². The van der Waals surface area contributed by atoms with Crippen LogP contribution in [0.25, 0.3) is 0 Å². The quantitative estimate of drug-likeness (QED) is 0.869. The Morgan fingerprint density at radius 3 is 2.42 bits per heavy atom. The van der Waals surface area contributed by atoms with Crippen molar-refractivity contribution in [1.29, 1.82) is 0 Å². The van der Waals surface area contributed by atoms with Gasteiger partial charge < -0.3 is 10.6 Å². The summed E-state index contributed by atoms with van der Waals surface area (Å²) in [6.45, 7) is 5.95. The molecule has 3 nitrogen and oxygen atoms in total. The van der Waals surface area contributed by atoms with Crippen LogP contribution in [0.5, 0.6) is 0 Å². The standard InChI is InChI=1S/C16H25N3/c1-2-12-19(11-1)13-14-3-5-15(6-4-14)18-16-7-9-17-10-8-16/h3-6,16-18H,1-2,7-13H2. The van der Waals surface area contributed by atoms with Gasteiger partial charge in [-0.2, -0.15) is 0 Å². The number of anilines is 1. The Balaban J connectivity index is 1.52. The van der Waals surface area contributed by atoms with Crippen molar-refractivity contribution in [2.24, 2.45) is 0 Å². The van der Waals surface area contributed by atoms with Gasteiger partial charge in [0.2, 0.25) is 0 Å². The number of hydrogen-bond donors (Lipinski definition) is 2. The van der Waals surface area contributed by atoms with Crippen LogP contribution in [-0.4, -0.2) is 37.1 Å². The van der Waals surface area contributed by atoms with Crippen LogP contribution in [0.4, 0.5) is 5.69 Å². The molecule has 0 atom stereocenters. The molecule has 2 saturated heterocycles. The highest BCUT2D eigenvalue weighted by Gasteiger charge is 2.13. The van der Waals surface area contributed by atoms with Crippen molar-refractivity contribution in [3.8, 4) is 0 Å². The fourth-order valence-electron chi connectivity index (χ4n) is 3.11. The molecule has 104 valence electrons. The summed E-state index contributed by atoms with van der Waals surface area (Å²) >= 11 is 0. The minimum Gasteiger partial charge on any atom is -0.382 e. The van der Waals surface area contributed by atoms with Crippen molar-refractivity contribution in [3.63, 3.8) is 0 Å². The van der Waals surface area contributed by atoms with Gasteiger partial charge in [-0.25, -0.2) is 0 Å². The third-order valence-electron chi connectivity index (χ3n) is 4.27. The van der Waals surface area contributed by atoms with Crippen LogP contribution in [0, 0.1) is 0 Å². The second-order valence-corrected chi connectivity index (χ2v) is 5.85. The molecular formula is C16H25N3. The summed E-state index contributed by atoms with van der Waals surface area (Å²) < 4.78 is 0. The van der Waals surface area contributed by atoms with Gasteiger partial charge in [-0.05, 0) is 69.6 Å². The van der Waals surface area contributed by atoms with Gasteiger partial charge in [-0.3, -0.25) is 4.90 Å². The van der Waals surface area contributed by atoms with E-state index in [0.717, 1.165) is 19.6 Å². The zero-order chi connectivity index (χ0) is 12.9. The summed E-state index contributed by atoms with van der Waals surface area (Å²) in [6.07, 6.45) is 5.20. The van der Waals surface area contributed by atoms with Gasteiger partial charge in [0.25, 0.3) is 0 Å². The summed E-state index contributed by atoms with van der Waals surface area (Å²) in [7, 11) is 0. The lowest BCUT2D eigenvalue weighted by Gasteiger charge is -2.24. The zero-order valence-corrected chi connectivity index (χ0v) is 11.7. The Morgan fingerprint density at radius 1 is 1.05 bits per heavy atom. The predicted molar refractivity (Wildman–Crippen MR) is 80.5 cm³/mol. The van der Waals surface area contributed by atoms with E-state index >= 15 is 0 Å². The first-order valence-corrected chi connectivity index (χ1v) is 7.69. The topological polar surface area (TPSA) is 27.3 Å². The maximum Gasteiger partial charge on any atom is 0.0342 e. The normalized spacial score (nSPS) is 21.7. The molecular weight excluding hydrogens is 234 g/mol. The van der Waals surface area contributed by atoms with E-state index in [4.69, 9.17) is 0 Å². The zero-order valence-electron chi connectivity index (χ0n) is 11.7. The van der Waals surface area contributed by atoms with Crippen molar-refractivity contribution in [2.45, 2.75) is 38.3 Å². The largest absolute Gasteiger partial charge is 0.382 e. The summed E-state index contributed by atoms with van der Waals surface area (Å²) in [5.74, 6) is 0. The molecule has 19 heavy (non-hydrogen) atoms. The lowest BCUT2D eigenvalue weighted by atomic mass is 10.1. The first kappa shape index (κ1) is 12.9. The van der Waals surface area contributed by atoms with Gasteiger partial charge in [0.1, 0.15) is 0 Å². The molecule has 2 fully saturated rings. The highest BCUT2D eigenvalue weighted by molar-refractivity contribution is 5.45. The lowest BCUT2D eigenvalue weighted by molar-refractivity contribution is 0.331. The van der Waals surface area contributed by atoms with Gasteiger partial charge in [0, 0.05) is 18.3 Å². The average molecular weight is 259 g/mol. The molecule has 3 heteroatoms. The van der Waals surface area contributed by atoms with Gasteiger partial charge in [-0.1, -0.05) is 12.1 Å². The first-order valence-electron chi connectivity index (χ1n) is 7.69. The number of nitrogens with zero attached hydrogens (tertiary/aromatic N) is 1. The van der Waals surface area contributed by atoms with Gasteiger partial charge in [0.05, 0.1) is 0 Å². The minimum absolute atomic E-state index is 0.644. The Kier molecular flexibility index (Phi) is 4.36. The van der Waals surface area contributed by atoms with Crippen LogP contribution in [0.1, 0.15) is 31.2 Å². The number of benzene rings is 1. The number of rotatable bonds is 4. The maximum atomic E-state index is 3.65. The molecule has 0 amide bonds. The maximum absolute atomic E-state index is 3.65. The van der Waals surface area contributed by atoms with E-state index in [2.05, 4.69) is 39.8 Å². The van der Waals surface area contributed by atoms with E-state index in [9.17, 15) is 0 Å². The molecule has 2 heterocycles. The van der Waals surface area contributed by atoms with E-state index in [1.807, 2.05) is 0 Å². The van der Waals surface area contributed by atoms with E-state index < -0.39 is 0 Å². The Morgan fingerprint density at radius 2 is 1.74 bits per heavy atom. The van der Waals surface area contributed by atoms with E-state index in [-0.39, 0.29) is 0 Å². The lowest BCUT2D eigenvalue weighted by Crippen LogP contribution is -2.35. The number of likely N-dealkylation sites (tertiary alicyclic amines) is 1. The molecule has 2 N–H and O–H groups in total. The molecule has 0 saturated carbocycles. The second-order valence-electron chi connectivity index (χ2n) is 5.85. The SMILES string of the molecule is c1cc(NC2CCNCC2)ccc1CN1CCCC1. The smallest absolute Gasteiger partial charge is 0.0342 e. The molecule has 1 aromatic rings. The van der Waals surface area contributed by atoms with Crippen LogP contribution in [-0.2, 0) is 6.54 Å². The molecule has 0 aliphatic carbocycles. The van der Waals surface area contributed by atoms with Gasteiger partial charge in [-0.15, -0.1) is 0 Å². The highest BCUT2D eigenvalue weighted by atomic mass is 15.1. The van der Waals surface area contributed by atoms with E-state index in [1.165, 1.54) is 50.0 Å². The molecule has 0 spiro atoms. The molecule has 0 radical (unpaired) electrons. The van der Waals surface area contributed by atoms with Crippen LogP contribution in [0.3, 0.4) is 0 Å². The molecule has 3 rings (SSSR count). The van der Waals surface area contributed by atoms with Crippen molar-refractivity contribution in [3.05, 3.63) is 29.8 Å². The Bertz CT molecular complexity index is 375. The Labute approximate surface area is 116 Å². The fourth-order valence-corrected chi connectivity index (χ4v) is 3.11. The number of nitrogens with one attached hydrogen (secondary N) is 2. The summed E-state index contributed by atoms with van der Waals surface area (Å²) in [5, 5.41) is 7.05. The number of piperidine rings is 1. The number of hydrogen-bond acceptors (Lipinski definition) is 3. The summed E-state index contributed by atoms with van der Waals surface area (Å²) in [4.78, 5) is 2.55. The average Bonchev–Trinajstić information content (AvgIpc) is 2.95.